The van der Waals surface area contributed by atoms with Crippen molar-refractivity contribution in [1.29, 1.82) is 0 Å². The Morgan fingerprint density at radius 2 is 1.68 bits per heavy atom. The van der Waals surface area contributed by atoms with Crippen LogP contribution in [0.4, 0.5) is 5.69 Å². The van der Waals surface area contributed by atoms with Crippen LogP contribution >= 0.6 is 11.6 Å². The number of nitro benzene ring substituents is 1. The molecule has 1 rings (SSSR count). The topological polar surface area (TPSA) is 86.5 Å². The largest absolute Gasteiger partial charge is 0.427 e. The fraction of sp³-hybridized carbons (Fsp3) is 0.333. The molecule has 7 heteroatoms. The van der Waals surface area contributed by atoms with Gasteiger partial charge < -0.3 is 4.74 Å². The number of ether oxygens (including phenoxy) is 1. The zero-order valence-electron chi connectivity index (χ0n) is 10.6. The first kappa shape index (κ1) is 17.1. The molecule has 1 aromatic carbocycles. The Bertz CT molecular complexity index is 444. The lowest BCUT2D eigenvalue weighted by molar-refractivity contribution is -0.384. The van der Waals surface area contributed by atoms with Gasteiger partial charge in [0.1, 0.15) is 5.75 Å². The maximum Gasteiger partial charge on any atom is 0.310 e. The van der Waals surface area contributed by atoms with Crippen LogP contribution in [0.2, 0.25) is 0 Å². The summed E-state index contributed by atoms with van der Waals surface area (Å²) >= 11 is 4.82. The highest BCUT2D eigenvalue weighted by Crippen LogP contribution is 2.17. The molecule has 19 heavy (non-hydrogen) atoms. The van der Waals surface area contributed by atoms with Crippen molar-refractivity contribution in [2.45, 2.75) is 26.7 Å². The van der Waals surface area contributed by atoms with Crippen molar-refractivity contribution in [2.75, 3.05) is 0 Å². The second kappa shape index (κ2) is 9.04. The minimum atomic E-state index is -0.509. The average Bonchev–Trinajstić information content (AvgIpc) is 2.39. The van der Waals surface area contributed by atoms with Gasteiger partial charge in [-0.25, -0.2) is 0 Å². The van der Waals surface area contributed by atoms with Crippen molar-refractivity contribution in [3.63, 3.8) is 0 Å². The van der Waals surface area contributed by atoms with Crippen LogP contribution in [0.1, 0.15) is 26.7 Å². The first-order valence-electron chi connectivity index (χ1n) is 5.54. The number of benzene rings is 1. The van der Waals surface area contributed by atoms with E-state index < -0.39 is 4.92 Å². The Labute approximate surface area is 115 Å². The maximum absolute atomic E-state index is 10.8. The van der Waals surface area contributed by atoms with Crippen LogP contribution in [-0.4, -0.2) is 16.1 Å². The summed E-state index contributed by atoms with van der Waals surface area (Å²) in [6.07, 6.45) is 0.707. The molecule has 6 nitrogen and oxygen atoms in total. The van der Waals surface area contributed by atoms with E-state index in [-0.39, 0.29) is 23.3 Å². The number of carbonyl (C=O) groups is 2. The lowest BCUT2D eigenvalue weighted by atomic mass is 10.3. The van der Waals surface area contributed by atoms with E-state index >= 15 is 0 Å². The molecule has 0 fully saturated rings. The van der Waals surface area contributed by atoms with E-state index in [1.807, 2.05) is 0 Å². The summed E-state index contributed by atoms with van der Waals surface area (Å²) in [6.45, 7) is 3.39. The van der Waals surface area contributed by atoms with Crippen molar-refractivity contribution in [1.82, 2.24) is 0 Å². The second-order valence-corrected chi connectivity index (χ2v) is 3.71. The molecular weight excluding hydrogens is 274 g/mol. The van der Waals surface area contributed by atoms with E-state index in [0.29, 0.717) is 12.2 Å². The van der Waals surface area contributed by atoms with E-state index in [4.69, 9.17) is 16.3 Å². The first-order chi connectivity index (χ1) is 8.90. The molecule has 0 amide bonds. The minimum absolute atomic E-state index is 0.0266. The fourth-order valence-corrected chi connectivity index (χ4v) is 0.840. The Morgan fingerprint density at radius 3 is 2.00 bits per heavy atom. The number of nitro groups is 1. The van der Waals surface area contributed by atoms with Crippen LogP contribution in [0.3, 0.4) is 0 Å². The molecule has 0 aliphatic carbocycles. The van der Waals surface area contributed by atoms with Crippen LogP contribution in [0, 0.1) is 10.1 Å². The van der Waals surface area contributed by atoms with Crippen LogP contribution in [0.5, 0.6) is 5.75 Å². The van der Waals surface area contributed by atoms with E-state index in [0.717, 1.165) is 0 Å². The van der Waals surface area contributed by atoms with Crippen LogP contribution in [-0.2, 0) is 9.59 Å². The summed E-state index contributed by atoms with van der Waals surface area (Å²) in [4.78, 5) is 30.2. The van der Waals surface area contributed by atoms with Gasteiger partial charge in [-0.3, -0.25) is 19.7 Å². The molecule has 0 aromatic heterocycles. The van der Waals surface area contributed by atoms with Gasteiger partial charge in [0, 0.05) is 25.0 Å². The van der Waals surface area contributed by atoms with Gasteiger partial charge in [-0.05, 0) is 23.7 Å². The molecule has 0 unspecified atom stereocenters. The van der Waals surface area contributed by atoms with E-state index in [2.05, 4.69) is 0 Å². The highest BCUT2D eigenvalue weighted by atomic mass is 35.5. The maximum atomic E-state index is 10.8. The quantitative estimate of drug-likeness (QED) is 0.279. The molecule has 0 spiro atoms. The van der Waals surface area contributed by atoms with Gasteiger partial charge in [-0.15, -0.1) is 0 Å². The molecular formula is C12H14ClNO5. The molecule has 0 N–H and O–H groups in total. The summed E-state index contributed by atoms with van der Waals surface area (Å²) in [7, 11) is 0. The lowest BCUT2D eigenvalue weighted by Crippen LogP contribution is -2.05. The SMILES string of the molecule is CCC(=O)Cl.CCC(=O)Oc1ccc([N+](=O)[O-])cc1. The molecule has 0 heterocycles. The molecule has 1 aromatic rings. The van der Waals surface area contributed by atoms with Gasteiger partial charge >= 0.3 is 5.97 Å². The molecule has 0 saturated heterocycles. The standard InChI is InChI=1S/C9H9NO4.C3H5ClO/c1-2-9(11)14-8-5-3-7(4-6-8)10(12)13;1-2-3(4)5/h3-6H,2H2,1H3;2H2,1H3. The first-order valence-corrected chi connectivity index (χ1v) is 5.91. The highest BCUT2D eigenvalue weighted by molar-refractivity contribution is 6.63. The predicted molar refractivity (Wildman–Crippen MR) is 70.2 cm³/mol. The van der Waals surface area contributed by atoms with Crippen LogP contribution in [0.15, 0.2) is 24.3 Å². The van der Waals surface area contributed by atoms with E-state index in [1.165, 1.54) is 24.3 Å². The Balaban J connectivity index is 0.000000555. The normalized spacial score (nSPS) is 9.00. The molecule has 104 valence electrons. The second-order valence-electron chi connectivity index (χ2n) is 3.29. The Hall–Kier alpha value is -1.95. The van der Waals surface area contributed by atoms with Gasteiger partial charge in [0.2, 0.25) is 5.24 Å². The van der Waals surface area contributed by atoms with Crippen molar-refractivity contribution in [3.8, 4) is 5.75 Å². The Morgan fingerprint density at radius 1 is 1.21 bits per heavy atom. The summed E-state index contributed by atoms with van der Waals surface area (Å²) in [5.74, 6) is -0.0405. The molecule has 0 bridgehead atoms. The predicted octanol–water partition coefficient (Wildman–Crippen LogP) is 3.07. The average molecular weight is 288 g/mol. The Kier molecular flexibility index (Phi) is 8.12. The van der Waals surface area contributed by atoms with Crippen molar-refractivity contribution >= 4 is 28.5 Å². The fourth-order valence-electron chi connectivity index (χ4n) is 0.840. The zero-order chi connectivity index (χ0) is 14.8. The summed E-state index contributed by atoms with van der Waals surface area (Å²) in [6, 6.07) is 5.37. The molecule has 0 saturated carbocycles. The van der Waals surface area contributed by atoms with Crippen molar-refractivity contribution in [2.24, 2.45) is 0 Å². The summed E-state index contributed by atoms with van der Waals surface area (Å²) in [5, 5.41) is 10.0. The number of hydrogen-bond acceptors (Lipinski definition) is 5. The number of nitrogens with zero attached hydrogens (tertiary/aromatic N) is 1. The van der Waals surface area contributed by atoms with Crippen LogP contribution in [0.25, 0.3) is 0 Å². The molecule has 0 aliphatic rings. The smallest absolute Gasteiger partial charge is 0.310 e. The van der Waals surface area contributed by atoms with Crippen molar-refractivity contribution < 1.29 is 19.2 Å². The van der Waals surface area contributed by atoms with E-state index in [9.17, 15) is 19.7 Å². The number of non-ortho nitro benzene ring substituents is 1. The number of hydrogen-bond donors (Lipinski definition) is 0. The van der Waals surface area contributed by atoms with Gasteiger partial charge in [-0.2, -0.15) is 0 Å². The third kappa shape index (κ3) is 7.88. The summed E-state index contributed by atoms with van der Waals surface area (Å²) in [5.41, 5.74) is -0.0266. The molecule has 0 aliphatic heterocycles. The third-order valence-electron chi connectivity index (χ3n) is 1.85. The molecule has 0 atom stereocenters. The van der Waals surface area contributed by atoms with E-state index in [1.54, 1.807) is 13.8 Å². The molecule has 0 radical (unpaired) electrons. The van der Waals surface area contributed by atoms with Crippen LogP contribution < -0.4 is 4.74 Å². The number of rotatable bonds is 4. The van der Waals surface area contributed by atoms with Crippen molar-refractivity contribution in [3.05, 3.63) is 34.4 Å². The minimum Gasteiger partial charge on any atom is -0.427 e. The van der Waals surface area contributed by atoms with Gasteiger partial charge in [0.25, 0.3) is 5.69 Å². The monoisotopic (exact) mass is 287 g/mol. The third-order valence-corrected chi connectivity index (χ3v) is 2.11. The van der Waals surface area contributed by atoms with Gasteiger partial charge in [0.05, 0.1) is 4.92 Å². The zero-order valence-corrected chi connectivity index (χ0v) is 11.3. The van der Waals surface area contributed by atoms with Gasteiger partial charge in [-0.1, -0.05) is 13.8 Å². The lowest BCUT2D eigenvalue weighted by Gasteiger charge is -2.00. The number of carbonyl (C=O) groups excluding carboxylic acids is 2. The highest BCUT2D eigenvalue weighted by Gasteiger charge is 2.06. The number of halogens is 1. The number of esters is 1. The summed E-state index contributed by atoms with van der Waals surface area (Å²) < 4.78 is 4.84. The van der Waals surface area contributed by atoms with Gasteiger partial charge in [0.15, 0.2) is 0 Å².